The number of halogens is 1. The lowest BCUT2D eigenvalue weighted by Crippen LogP contribution is -2.09. The number of rotatable bonds is 3. The Bertz CT molecular complexity index is 575. The van der Waals surface area contributed by atoms with E-state index in [-0.39, 0.29) is 5.41 Å². The number of benzene rings is 1. The summed E-state index contributed by atoms with van der Waals surface area (Å²) in [7, 11) is 0. The van der Waals surface area contributed by atoms with Gasteiger partial charge >= 0.3 is 0 Å². The van der Waals surface area contributed by atoms with Crippen LogP contribution < -0.4 is 5.73 Å². The number of hydrogen-bond acceptors (Lipinski definition) is 4. The Kier molecular flexibility index (Phi) is 4.11. The van der Waals surface area contributed by atoms with Crippen LogP contribution in [0.25, 0.3) is 0 Å². The first-order chi connectivity index (χ1) is 8.86. The molecule has 0 saturated carbocycles. The Morgan fingerprint density at radius 1 is 1.37 bits per heavy atom. The molecule has 1 aromatic carbocycles. The highest BCUT2D eigenvalue weighted by molar-refractivity contribution is 7.98. The highest BCUT2D eigenvalue weighted by atomic mass is 35.5. The number of aromatic nitrogens is 1. The smallest absolute Gasteiger partial charge is 0.204 e. The summed E-state index contributed by atoms with van der Waals surface area (Å²) in [5.41, 5.74) is 6.43. The molecule has 1 heterocycles. The van der Waals surface area contributed by atoms with Crippen LogP contribution in [0, 0.1) is 0 Å². The van der Waals surface area contributed by atoms with E-state index in [4.69, 9.17) is 21.8 Å². The molecule has 102 valence electrons. The van der Waals surface area contributed by atoms with Gasteiger partial charge in [0.1, 0.15) is 5.76 Å². The van der Waals surface area contributed by atoms with Crippen molar-refractivity contribution in [3.8, 4) is 0 Å². The van der Waals surface area contributed by atoms with Crippen molar-refractivity contribution in [2.75, 3.05) is 5.73 Å². The van der Waals surface area contributed by atoms with Crippen molar-refractivity contribution in [3.05, 3.63) is 41.1 Å². The third kappa shape index (κ3) is 3.67. The maximum Gasteiger partial charge on any atom is 0.204 e. The van der Waals surface area contributed by atoms with E-state index in [1.54, 1.807) is 30.1 Å². The first kappa shape index (κ1) is 14.3. The second-order valence-electron chi connectivity index (χ2n) is 5.35. The van der Waals surface area contributed by atoms with Crippen LogP contribution in [0.3, 0.4) is 0 Å². The van der Waals surface area contributed by atoms with Crippen LogP contribution in [0.1, 0.15) is 32.4 Å². The summed E-state index contributed by atoms with van der Waals surface area (Å²) in [6.07, 6.45) is 1.79. The molecule has 0 unspecified atom stereocenters. The van der Waals surface area contributed by atoms with E-state index in [9.17, 15) is 0 Å². The molecule has 2 rings (SSSR count). The number of oxazole rings is 1. The zero-order valence-corrected chi connectivity index (χ0v) is 12.8. The van der Waals surface area contributed by atoms with Crippen LogP contribution >= 0.6 is 23.4 Å². The van der Waals surface area contributed by atoms with Crippen LogP contribution in [0.5, 0.6) is 0 Å². The number of nitrogen functional groups attached to an aromatic ring is 1. The van der Waals surface area contributed by atoms with E-state index in [0.29, 0.717) is 22.4 Å². The maximum atomic E-state index is 6.11. The molecule has 0 spiro atoms. The van der Waals surface area contributed by atoms with Gasteiger partial charge in [0.15, 0.2) is 0 Å². The SMILES string of the molecule is CC(C)(C)c1cnc(CSc2cc(N)ccc2Cl)o1. The lowest BCUT2D eigenvalue weighted by Gasteiger charge is -2.13. The zero-order chi connectivity index (χ0) is 14.0. The van der Waals surface area contributed by atoms with E-state index in [0.717, 1.165) is 10.7 Å². The second kappa shape index (κ2) is 5.47. The van der Waals surface area contributed by atoms with Crippen LogP contribution in [-0.2, 0) is 11.2 Å². The standard InChI is InChI=1S/C14H17ClN2OS/c1-14(2,3)12-7-17-13(18-12)8-19-11-6-9(16)4-5-10(11)15/h4-7H,8,16H2,1-3H3. The van der Waals surface area contributed by atoms with Gasteiger partial charge in [-0.3, -0.25) is 0 Å². The molecule has 2 N–H and O–H groups in total. The third-order valence-corrected chi connectivity index (χ3v) is 4.08. The first-order valence-corrected chi connectivity index (χ1v) is 7.35. The fraction of sp³-hybridized carbons (Fsp3) is 0.357. The van der Waals surface area contributed by atoms with Crippen molar-refractivity contribution in [2.24, 2.45) is 0 Å². The summed E-state index contributed by atoms with van der Waals surface area (Å²) in [5, 5.41) is 0.696. The molecular formula is C14H17ClN2OS. The van der Waals surface area contributed by atoms with Crippen molar-refractivity contribution < 1.29 is 4.42 Å². The van der Waals surface area contributed by atoms with E-state index in [1.807, 2.05) is 6.07 Å². The van der Waals surface area contributed by atoms with E-state index in [1.165, 1.54) is 0 Å². The number of thioether (sulfide) groups is 1. The van der Waals surface area contributed by atoms with Crippen molar-refractivity contribution in [3.63, 3.8) is 0 Å². The summed E-state index contributed by atoms with van der Waals surface area (Å²) in [5.74, 6) is 2.23. The van der Waals surface area contributed by atoms with Crippen molar-refractivity contribution in [2.45, 2.75) is 36.8 Å². The Balaban J connectivity index is 2.06. The van der Waals surface area contributed by atoms with Gasteiger partial charge in [-0.1, -0.05) is 32.4 Å². The molecular weight excluding hydrogens is 280 g/mol. The van der Waals surface area contributed by atoms with E-state index >= 15 is 0 Å². The topological polar surface area (TPSA) is 52.0 Å². The third-order valence-electron chi connectivity index (χ3n) is 2.60. The predicted octanol–water partition coefficient (Wildman–Crippen LogP) is 4.50. The quantitative estimate of drug-likeness (QED) is 0.669. The number of anilines is 1. The summed E-state index contributed by atoms with van der Waals surface area (Å²) in [6, 6.07) is 5.45. The second-order valence-corrected chi connectivity index (χ2v) is 6.77. The van der Waals surface area contributed by atoms with E-state index in [2.05, 4.69) is 25.8 Å². The predicted molar refractivity (Wildman–Crippen MR) is 80.6 cm³/mol. The maximum absolute atomic E-state index is 6.11. The molecule has 0 radical (unpaired) electrons. The highest BCUT2D eigenvalue weighted by Gasteiger charge is 2.19. The minimum absolute atomic E-state index is 0.0231. The molecule has 19 heavy (non-hydrogen) atoms. The van der Waals surface area contributed by atoms with Crippen LogP contribution in [0.15, 0.2) is 33.7 Å². The van der Waals surface area contributed by atoms with Crippen molar-refractivity contribution in [1.82, 2.24) is 4.98 Å². The molecule has 0 amide bonds. The van der Waals surface area contributed by atoms with Gasteiger partial charge in [0, 0.05) is 16.0 Å². The van der Waals surface area contributed by atoms with Gasteiger partial charge in [-0.25, -0.2) is 4.98 Å². The minimum Gasteiger partial charge on any atom is -0.444 e. The number of hydrogen-bond donors (Lipinski definition) is 1. The van der Waals surface area contributed by atoms with Gasteiger partial charge < -0.3 is 10.2 Å². The lowest BCUT2D eigenvalue weighted by atomic mass is 9.94. The summed E-state index contributed by atoms with van der Waals surface area (Å²) >= 11 is 7.68. The Morgan fingerprint density at radius 2 is 2.11 bits per heavy atom. The molecule has 0 aliphatic rings. The molecule has 3 nitrogen and oxygen atoms in total. The molecule has 0 saturated heterocycles. The van der Waals surface area contributed by atoms with Gasteiger partial charge in [-0.2, -0.15) is 0 Å². The van der Waals surface area contributed by atoms with Crippen LogP contribution in [0.4, 0.5) is 5.69 Å². The summed E-state index contributed by atoms with van der Waals surface area (Å²) < 4.78 is 5.73. The van der Waals surface area contributed by atoms with Gasteiger partial charge in [0.25, 0.3) is 0 Å². The first-order valence-electron chi connectivity index (χ1n) is 5.99. The molecule has 0 aliphatic heterocycles. The van der Waals surface area contributed by atoms with Gasteiger partial charge in [0.05, 0.1) is 17.0 Å². The molecule has 1 aromatic heterocycles. The Hall–Kier alpha value is -1.13. The summed E-state index contributed by atoms with van der Waals surface area (Å²) in [6.45, 7) is 6.29. The Labute approximate surface area is 122 Å². The Morgan fingerprint density at radius 3 is 2.74 bits per heavy atom. The van der Waals surface area contributed by atoms with Crippen LogP contribution in [0.2, 0.25) is 5.02 Å². The minimum atomic E-state index is -0.0231. The van der Waals surface area contributed by atoms with E-state index < -0.39 is 0 Å². The number of nitrogens with two attached hydrogens (primary N) is 1. The fourth-order valence-electron chi connectivity index (χ4n) is 1.49. The summed E-state index contributed by atoms with van der Waals surface area (Å²) in [4.78, 5) is 5.23. The molecule has 0 fully saturated rings. The molecule has 5 heteroatoms. The molecule has 0 atom stereocenters. The average Bonchev–Trinajstić information content (AvgIpc) is 2.79. The highest BCUT2D eigenvalue weighted by Crippen LogP contribution is 2.32. The molecule has 2 aromatic rings. The largest absolute Gasteiger partial charge is 0.444 e. The van der Waals surface area contributed by atoms with Gasteiger partial charge in [-0.05, 0) is 18.2 Å². The number of nitrogens with zero attached hydrogens (tertiary/aromatic N) is 1. The molecule has 0 bridgehead atoms. The van der Waals surface area contributed by atoms with Crippen molar-refractivity contribution >= 4 is 29.1 Å². The van der Waals surface area contributed by atoms with Crippen LogP contribution in [-0.4, -0.2) is 4.98 Å². The van der Waals surface area contributed by atoms with Gasteiger partial charge in [-0.15, -0.1) is 11.8 Å². The zero-order valence-electron chi connectivity index (χ0n) is 11.2. The average molecular weight is 297 g/mol. The lowest BCUT2D eigenvalue weighted by molar-refractivity contribution is 0.391. The normalized spacial score (nSPS) is 11.8. The molecule has 0 aliphatic carbocycles. The monoisotopic (exact) mass is 296 g/mol. The van der Waals surface area contributed by atoms with Crippen molar-refractivity contribution in [1.29, 1.82) is 0 Å². The fourth-order valence-corrected chi connectivity index (χ4v) is 2.61. The van der Waals surface area contributed by atoms with Gasteiger partial charge in [0.2, 0.25) is 5.89 Å².